The summed E-state index contributed by atoms with van der Waals surface area (Å²) in [6.07, 6.45) is 0. The van der Waals surface area contributed by atoms with Gasteiger partial charge in [0, 0.05) is 20.1 Å². The van der Waals surface area contributed by atoms with Crippen LogP contribution in [0.1, 0.15) is 31.8 Å². The van der Waals surface area contributed by atoms with Gasteiger partial charge in [-0.2, -0.15) is 0 Å². The Morgan fingerprint density at radius 3 is 1.45 bits per heavy atom. The predicted molar refractivity (Wildman–Crippen MR) is 78.5 cm³/mol. The summed E-state index contributed by atoms with van der Waals surface area (Å²) < 4.78 is 1.25. The second-order valence-electron chi connectivity index (χ2n) is 4.32. The van der Waals surface area contributed by atoms with E-state index in [9.17, 15) is 19.8 Å². The summed E-state index contributed by atoms with van der Waals surface area (Å²) >= 11 is 6.54. The van der Waals surface area contributed by atoms with Crippen LogP contribution in [-0.2, 0) is 0 Å². The van der Waals surface area contributed by atoms with E-state index in [0.29, 0.717) is 8.95 Å². The quantitative estimate of drug-likeness (QED) is 0.570. The highest BCUT2D eigenvalue weighted by Crippen LogP contribution is 2.39. The molecule has 1 aliphatic rings. The summed E-state index contributed by atoms with van der Waals surface area (Å²) in [6.45, 7) is 0. The Bertz CT molecular complexity index is 730. The van der Waals surface area contributed by atoms with E-state index in [1.54, 1.807) is 0 Å². The fraction of sp³-hybridized carbons (Fsp3) is 0. The molecule has 0 fully saturated rings. The number of ketones is 2. The zero-order valence-corrected chi connectivity index (χ0v) is 12.9. The zero-order chi connectivity index (χ0) is 14.6. The zero-order valence-electron chi connectivity index (χ0n) is 9.78. The van der Waals surface area contributed by atoms with E-state index in [4.69, 9.17) is 0 Å². The minimum atomic E-state index is -0.490. The summed E-state index contributed by atoms with van der Waals surface area (Å²) in [5.74, 6) is -1.62. The first-order chi connectivity index (χ1) is 9.41. The van der Waals surface area contributed by atoms with Crippen molar-refractivity contribution in [3.8, 4) is 11.5 Å². The molecular formula is C14H6Br2O4. The van der Waals surface area contributed by atoms with Crippen LogP contribution in [0.3, 0.4) is 0 Å². The van der Waals surface area contributed by atoms with E-state index in [0.717, 1.165) is 0 Å². The molecule has 0 atom stereocenters. The third-order valence-electron chi connectivity index (χ3n) is 3.17. The van der Waals surface area contributed by atoms with Gasteiger partial charge in [0.15, 0.2) is 11.6 Å². The van der Waals surface area contributed by atoms with Gasteiger partial charge in [-0.1, -0.05) is 0 Å². The van der Waals surface area contributed by atoms with Gasteiger partial charge in [-0.25, -0.2) is 0 Å². The molecule has 0 unspecified atom stereocenters. The van der Waals surface area contributed by atoms with Gasteiger partial charge in [0.1, 0.15) is 11.5 Å². The minimum Gasteiger partial charge on any atom is -0.507 e. The van der Waals surface area contributed by atoms with E-state index < -0.39 is 11.6 Å². The monoisotopic (exact) mass is 396 g/mol. The summed E-state index contributed by atoms with van der Waals surface area (Å²) in [7, 11) is 0. The number of phenols is 2. The van der Waals surface area contributed by atoms with Crippen LogP contribution in [0, 0.1) is 0 Å². The molecule has 2 aromatic carbocycles. The topological polar surface area (TPSA) is 74.6 Å². The second kappa shape index (κ2) is 4.43. The van der Waals surface area contributed by atoms with Gasteiger partial charge in [0.05, 0.1) is 11.1 Å². The first-order valence-electron chi connectivity index (χ1n) is 5.55. The maximum absolute atomic E-state index is 12.4. The number of fused-ring (bicyclic) bond motifs is 2. The molecule has 0 saturated heterocycles. The average Bonchev–Trinajstić information content (AvgIpc) is 2.41. The van der Waals surface area contributed by atoms with Crippen molar-refractivity contribution in [3.63, 3.8) is 0 Å². The maximum Gasteiger partial charge on any atom is 0.198 e. The highest BCUT2D eigenvalue weighted by molar-refractivity contribution is 9.13. The van der Waals surface area contributed by atoms with Crippen LogP contribution in [0.25, 0.3) is 0 Å². The molecule has 2 aromatic rings. The Balaban J connectivity index is 2.40. The van der Waals surface area contributed by atoms with Crippen molar-refractivity contribution in [2.45, 2.75) is 0 Å². The standard InChI is InChI=1S/C14H6Br2O4/c15-7-3-5-6(4-8(7)16)14(20)12-10(18)2-1-9(17)11(12)13(5)19/h1-4,17-18H. The van der Waals surface area contributed by atoms with E-state index in [1.165, 1.54) is 24.3 Å². The molecule has 2 N–H and O–H groups in total. The molecule has 0 aliphatic heterocycles. The fourth-order valence-corrected chi connectivity index (χ4v) is 2.92. The number of hydrogen-bond donors (Lipinski definition) is 2. The first-order valence-corrected chi connectivity index (χ1v) is 7.13. The van der Waals surface area contributed by atoms with Crippen LogP contribution in [0.4, 0.5) is 0 Å². The van der Waals surface area contributed by atoms with Crippen molar-refractivity contribution in [2.24, 2.45) is 0 Å². The molecule has 0 saturated carbocycles. The number of rotatable bonds is 0. The summed E-state index contributed by atoms with van der Waals surface area (Å²) in [6, 6.07) is 5.43. The van der Waals surface area contributed by atoms with Gasteiger partial charge >= 0.3 is 0 Å². The molecule has 0 heterocycles. The van der Waals surface area contributed by atoms with Crippen molar-refractivity contribution in [1.82, 2.24) is 0 Å². The minimum absolute atomic E-state index is 0.156. The van der Waals surface area contributed by atoms with E-state index >= 15 is 0 Å². The molecule has 6 heteroatoms. The Morgan fingerprint density at radius 2 is 1.10 bits per heavy atom. The lowest BCUT2D eigenvalue weighted by Crippen LogP contribution is -2.21. The number of carbonyl (C=O) groups excluding carboxylic acids is 2. The Kier molecular flexibility index (Phi) is 2.95. The van der Waals surface area contributed by atoms with Gasteiger partial charge in [0.2, 0.25) is 0 Å². The molecule has 100 valence electrons. The van der Waals surface area contributed by atoms with E-state index in [1.807, 2.05) is 0 Å². The number of phenolic OH excluding ortho intramolecular Hbond substituents is 2. The Labute approximate surface area is 130 Å². The van der Waals surface area contributed by atoms with Gasteiger partial charge in [-0.15, -0.1) is 0 Å². The van der Waals surface area contributed by atoms with Gasteiger partial charge in [0.25, 0.3) is 0 Å². The lowest BCUT2D eigenvalue weighted by atomic mass is 9.83. The summed E-state index contributed by atoms with van der Waals surface area (Å²) in [5.41, 5.74) is 0.0744. The van der Waals surface area contributed by atoms with Crippen molar-refractivity contribution in [2.75, 3.05) is 0 Å². The molecule has 0 radical (unpaired) electrons. The van der Waals surface area contributed by atoms with Gasteiger partial charge in [-0.05, 0) is 56.1 Å². The molecule has 4 nitrogen and oxygen atoms in total. The summed E-state index contributed by atoms with van der Waals surface area (Å²) in [4.78, 5) is 24.9. The van der Waals surface area contributed by atoms with Gasteiger partial charge in [-0.3, -0.25) is 9.59 Å². The second-order valence-corrected chi connectivity index (χ2v) is 6.03. The lowest BCUT2D eigenvalue weighted by Gasteiger charge is -2.19. The molecule has 20 heavy (non-hydrogen) atoms. The molecule has 0 spiro atoms. The maximum atomic E-state index is 12.4. The number of aromatic hydroxyl groups is 2. The normalized spacial score (nSPS) is 13.1. The average molecular weight is 398 g/mol. The van der Waals surface area contributed by atoms with E-state index in [2.05, 4.69) is 31.9 Å². The number of hydrogen-bond acceptors (Lipinski definition) is 4. The highest BCUT2D eigenvalue weighted by atomic mass is 79.9. The molecule has 0 amide bonds. The highest BCUT2D eigenvalue weighted by Gasteiger charge is 2.34. The van der Waals surface area contributed by atoms with Crippen molar-refractivity contribution < 1.29 is 19.8 Å². The third kappa shape index (κ3) is 1.72. The van der Waals surface area contributed by atoms with Crippen molar-refractivity contribution >= 4 is 43.4 Å². The fourth-order valence-electron chi connectivity index (χ4n) is 2.23. The molecule has 0 bridgehead atoms. The molecule has 0 aromatic heterocycles. The van der Waals surface area contributed by atoms with Crippen LogP contribution in [0.2, 0.25) is 0 Å². The first kappa shape index (κ1) is 13.3. The van der Waals surface area contributed by atoms with Crippen LogP contribution in [-0.4, -0.2) is 21.8 Å². The van der Waals surface area contributed by atoms with Crippen LogP contribution in [0.15, 0.2) is 33.2 Å². The summed E-state index contributed by atoms with van der Waals surface area (Å²) in [5, 5.41) is 19.6. The Hall–Kier alpha value is -1.66. The SMILES string of the molecule is O=C1c2cc(Br)c(Br)cc2C(=O)c2c(O)ccc(O)c21. The molecule has 1 aliphatic carbocycles. The number of benzene rings is 2. The lowest BCUT2D eigenvalue weighted by molar-refractivity contribution is 0.0974. The molecule has 3 rings (SSSR count). The van der Waals surface area contributed by atoms with Crippen LogP contribution in [0.5, 0.6) is 11.5 Å². The largest absolute Gasteiger partial charge is 0.507 e. The third-order valence-corrected chi connectivity index (χ3v) is 5.01. The predicted octanol–water partition coefficient (Wildman–Crippen LogP) is 3.40. The number of halogens is 2. The van der Waals surface area contributed by atoms with Gasteiger partial charge < -0.3 is 10.2 Å². The Morgan fingerprint density at radius 1 is 0.750 bits per heavy atom. The smallest absolute Gasteiger partial charge is 0.198 e. The van der Waals surface area contributed by atoms with Crippen LogP contribution >= 0.6 is 31.9 Å². The molecular weight excluding hydrogens is 392 g/mol. The number of carbonyl (C=O) groups is 2. The van der Waals surface area contributed by atoms with E-state index in [-0.39, 0.29) is 33.8 Å². The van der Waals surface area contributed by atoms with Crippen molar-refractivity contribution in [3.05, 3.63) is 55.5 Å². The van der Waals surface area contributed by atoms with Crippen LogP contribution < -0.4 is 0 Å². The van der Waals surface area contributed by atoms with Crippen molar-refractivity contribution in [1.29, 1.82) is 0 Å².